The smallest absolute Gasteiger partial charge is 0.266 e. The monoisotopic (exact) mass is 497 g/mol. The Kier molecular flexibility index (Phi) is 7.38. The van der Waals surface area contributed by atoms with E-state index in [0.29, 0.717) is 39.3 Å². The Bertz CT molecular complexity index is 1220. The second kappa shape index (κ2) is 10.5. The van der Waals surface area contributed by atoms with Gasteiger partial charge in [-0.3, -0.25) is 4.79 Å². The Hall–Kier alpha value is -3.42. The molecule has 0 aromatic heterocycles. The maximum atomic E-state index is 13.2. The normalized spacial score (nSPS) is 17.9. The van der Waals surface area contributed by atoms with Crippen molar-refractivity contribution in [2.75, 3.05) is 57.3 Å². The molecule has 0 atom stereocenters. The van der Waals surface area contributed by atoms with Crippen LogP contribution in [-0.2, 0) is 14.8 Å². The molecule has 2 fully saturated rings. The summed E-state index contributed by atoms with van der Waals surface area (Å²) in [5, 5.41) is 9.62. The van der Waals surface area contributed by atoms with Crippen LogP contribution in [0.5, 0.6) is 0 Å². The lowest BCUT2D eigenvalue weighted by molar-refractivity contribution is -0.127. The molecule has 2 aromatic rings. The molecule has 35 heavy (non-hydrogen) atoms. The molecule has 0 saturated carbocycles. The van der Waals surface area contributed by atoms with Gasteiger partial charge in [0.1, 0.15) is 17.5 Å². The van der Waals surface area contributed by atoms with E-state index in [1.54, 1.807) is 47.5 Å². The van der Waals surface area contributed by atoms with E-state index in [4.69, 9.17) is 0 Å². The summed E-state index contributed by atoms with van der Waals surface area (Å²) in [6.45, 7) is 5.32. The second-order valence-electron chi connectivity index (χ2n) is 8.66. The zero-order chi connectivity index (χ0) is 25.0. The van der Waals surface area contributed by atoms with Crippen LogP contribution in [-0.4, -0.2) is 80.8 Å². The lowest BCUT2D eigenvalue weighted by Crippen LogP contribution is -2.49. The third-order valence-electron chi connectivity index (χ3n) is 6.35. The molecule has 2 aliphatic heterocycles. The van der Waals surface area contributed by atoms with Crippen molar-refractivity contribution in [3.63, 3.8) is 0 Å². The number of hydrogen-bond acceptors (Lipinski definition) is 6. The van der Waals surface area contributed by atoms with Gasteiger partial charge in [0.25, 0.3) is 5.91 Å². The van der Waals surface area contributed by atoms with E-state index in [-0.39, 0.29) is 35.3 Å². The van der Waals surface area contributed by atoms with Gasteiger partial charge in [0.05, 0.1) is 4.90 Å². The van der Waals surface area contributed by atoms with Crippen LogP contribution < -0.4 is 4.90 Å². The molecule has 0 bridgehead atoms. The molecular formula is C25H28FN5O3S. The molecule has 2 aromatic carbocycles. The minimum absolute atomic E-state index is 0.0371. The first-order valence-corrected chi connectivity index (χ1v) is 12.9. The molecule has 0 aliphatic carbocycles. The van der Waals surface area contributed by atoms with E-state index in [1.807, 2.05) is 17.9 Å². The van der Waals surface area contributed by atoms with Crippen LogP contribution in [0.25, 0.3) is 0 Å². The van der Waals surface area contributed by atoms with Crippen molar-refractivity contribution >= 4 is 21.6 Å². The van der Waals surface area contributed by atoms with Gasteiger partial charge < -0.3 is 14.7 Å². The molecule has 2 heterocycles. The molecule has 0 radical (unpaired) electrons. The van der Waals surface area contributed by atoms with E-state index in [2.05, 4.69) is 4.90 Å². The SMILES string of the molecule is Cc1ccc(S(=O)(=O)N2CCN(/C=C(/C#N)C(=O)N3CCN(c4ccc(F)cc4)CC3)CC2)cc1. The predicted octanol–water partition coefficient (Wildman–Crippen LogP) is 2.20. The van der Waals surface area contributed by atoms with Gasteiger partial charge in [0, 0.05) is 64.2 Å². The number of aryl methyl sites for hydroxylation is 1. The van der Waals surface area contributed by atoms with Crippen LogP contribution in [0.4, 0.5) is 10.1 Å². The molecule has 8 nitrogen and oxygen atoms in total. The van der Waals surface area contributed by atoms with E-state index in [1.165, 1.54) is 16.4 Å². The van der Waals surface area contributed by atoms with Crippen molar-refractivity contribution in [2.45, 2.75) is 11.8 Å². The first-order valence-electron chi connectivity index (χ1n) is 11.5. The average molecular weight is 498 g/mol. The van der Waals surface area contributed by atoms with Crippen molar-refractivity contribution in [1.29, 1.82) is 5.26 Å². The predicted molar refractivity (Wildman–Crippen MR) is 130 cm³/mol. The molecule has 1 amide bonds. The van der Waals surface area contributed by atoms with Crippen molar-refractivity contribution in [3.05, 3.63) is 71.7 Å². The van der Waals surface area contributed by atoms with E-state index in [9.17, 15) is 22.9 Å². The van der Waals surface area contributed by atoms with Crippen molar-refractivity contribution < 1.29 is 17.6 Å². The maximum absolute atomic E-state index is 13.2. The van der Waals surface area contributed by atoms with Crippen LogP contribution in [0.1, 0.15) is 5.56 Å². The number of amides is 1. The highest BCUT2D eigenvalue weighted by molar-refractivity contribution is 7.89. The Balaban J connectivity index is 1.33. The van der Waals surface area contributed by atoms with Gasteiger partial charge in [-0.05, 0) is 43.3 Å². The molecule has 0 unspecified atom stereocenters. The van der Waals surface area contributed by atoms with E-state index in [0.717, 1.165) is 11.3 Å². The van der Waals surface area contributed by atoms with E-state index < -0.39 is 10.0 Å². The zero-order valence-electron chi connectivity index (χ0n) is 19.6. The van der Waals surface area contributed by atoms with Crippen LogP contribution in [0, 0.1) is 24.1 Å². The number of benzene rings is 2. The first-order chi connectivity index (χ1) is 16.8. The van der Waals surface area contributed by atoms with Crippen LogP contribution >= 0.6 is 0 Å². The lowest BCUT2D eigenvalue weighted by Gasteiger charge is -2.36. The Morgan fingerprint density at radius 2 is 1.51 bits per heavy atom. The van der Waals surface area contributed by atoms with Crippen molar-refractivity contribution in [2.24, 2.45) is 0 Å². The van der Waals surface area contributed by atoms with Crippen LogP contribution in [0.2, 0.25) is 0 Å². The lowest BCUT2D eigenvalue weighted by atomic mass is 10.2. The van der Waals surface area contributed by atoms with Gasteiger partial charge in [-0.15, -0.1) is 0 Å². The number of carbonyl (C=O) groups excluding carboxylic acids is 1. The Labute approximate surface area is 205 Å². The summed E-state index contributed by atoms with van der Waals surface area (Å²) < 4.78 is 40.4. The third kappa shape index (κ3) is 5.63. The molecule has 2 aliphatic rings. The van der Waals surface area contributed by atoms with Crippen LogP contribution in [0.3, 0.4) is 0 Å². The van der Waals surface area contributed by atoms with Crippen LogP contribution in [0.15, 0.2) is 65.2 Å². The fourth-order valence-corrected chi connectivity index (χ4v) is 5.66. The fourth-order valence-electron chi connectivity index (χ4n) is 4.24. The summed E-state index contributed by atoms with van der Waals surface area (Å²) >= 11 is 0. The number of piperazine rings is 2. The number of hydrogen-bond donors (Lipinski definition) is 0. The summed E-state index contributed by atoms with van der Waals surface area (Å²) in [5.41, 5.74) is 1.92. The summed E-state index contributed by atoms with van der Waals surface area (Å²) in [7, 11) is -3.58. The molecule has 0 spiro atoms. The molecule has 2 saturated heterocycles. The standard InChI is InChI=1S/C25H28FN5O3S/c1-20-2-8-24(9-3-20)35(33,34)31-16-10-28(11-17-31)19-21(18-27)25(32)30-14-12-29(13-15-30)23-6-4-22(26)5-7-23/h2-9,19H,10-17H2,1H3/b21-19-. The summed E-state index contributed by atoms with van der Waals surface area (Å²) in [5.74, 6) is -0.624. The quantitative estimate of drug-likeness (QED) is 0.465. The largest absolute Gasteiger partial charge is 0.373 e. The number of carbonyl (C=O) groups is 1. The van der Waals surface area contributed by atoms with E-state index >= 15 is 0 Å². The molecule has 10 heteroatoms. The third-order valence-corrected chi connectivity index (χ3v) is 8.27. The van der Waals surface area contributed by atoms with Gasteiger partial charge >= 0.3 is 0 Å². The molecular weight excluding hydrogens is 469 g/mol. The molecule has 4 rings (SSSR count). The van der Waals surface area contributed by atoms with Gasteiger partial charge in [-0.2, -0.15) is 9.57 Å². The Morgan fingerprint density at radius 1 is 0.914 bits per heavy atom. The van der Waals surface area contributed by atoms with Gasteiger partial charge in [0.2, 0.25) is 10.0 Å². The maximum Gasteiger partial charge on any atom is 0.266 e. The van der Waals surface area contributed by atoms with Gasteiger partial charge in [-0.25, -0.2) is 12.8 Å². The minimum Gasteiger partial charge on any atom is -0.373 e. The second-order valence-corrected chi connectivity index (χ2v) is 10.6. The van der Waals surface area contributed by atoms with Crippen molar-refractivity contribution in [1.82, 2.24) is 14.1 Å². The zero-order valence-corrected chi connectivity index (χ0v) is 20.4. The highest BCUT2D eigenvalue weighted by Gasteiger charge is 2.29. The minimum atomic E-state index is -3.58. The summed E-state index contributed by atoms with van der Waals surface area (Å²) in [4.78, 5) is 18.8. The van der Waals surface area contributed by atoms with Gasteiger partial charge in [-0.1, -0.05) is 17.7 Å². The fraction of sp³-hybridized carbons (Fsp3) is 0.360. The highest BCUT2D eigenvalue weighted by Crippen LogP contribution is 2.20. The number of rotatable bonds is 5. The molecule has 184 valence electrons. The number of nitrogens with zero attached hydrogens (tertiary/aromatic N) is 5. The average Bonchev–Trinajstić information content (AvgIpc) is 2.88. The number of anilines is 1. The summed E-state index contributed by atoms with van der Waals surface area (Å²) in [6, 6.07) is 15.0. The molecule has 0 N–H and O–H groups in total. The number of sulfonamides is 1. The number of halogens is 1. The highest BCUT2D eigenvalue weighted by atomic mass is 32.2. The van der Waals surface area contributed by atoms with Gasteiger partial charge in [0.15, 0.2) is 0 Å². The topological polar surface area (TPSA) is 88.0 Å². The van der Waals surface area contributed by atoms with Crippen molar-refractivity contribution in [3.8, 4) is 6.07 Å². The summed E-state index contributed by atoms with van der Waals surface area (Å²) in [6.07, 6.45) is 1.55. The first kappa shape index (κ1) is 24.7. The Morgan fingerprint density at radius 3 is 2.09 bits per heavy atom. The number of nitriles is 1.